The van der Waals surface area contributed by atoms with E-state index in [2.05, 4.69) is 4.74 Å². The molecule has 1 aromatic rings. The second kappa shape index (κ2) is 4.93. The van der Waals surface area contributed by atoms with Gasteiger partial charge in [-0.05, 0) is 19.1 Å². The molecular weight excluding hydrogens is 243 g/mol. The Morgan fingerprint density at radius 2 is 2.06 bits per heavy atom. The molecule has 0 fully saturated rings. The topological polar surface area (TPSA) is 35.2 Å². The van der Waals surface area contributed by atoms with E-state index in [-0.39, 0.29) is 5.75 Å². The van der Waals surface area contributed by atoms with Crippen molar-refractivity contribution in [1.29, 1.82) is 0 Å². The van der Waals surface area contributed by atoms with Crippen molar-refractivity contribution in [3.05, 3.63) is 28.8 Å². The molecule has 0 radical (unpaired) electrons. The summed E-state index contributed by atoms with van der Waals surface area (Å²) in [5.74, 6) is 0.0693. The van der Waals surface area contributed by atoms with E-state index in [0.29, 0.717) is 10.6 Å². The van der Waals surface area contributed by atoms with Gasteiger partial charge in [0, 0.05) is 16.6 Å². The van der Waals surface area contributed by atoms with E-state index in [0.717, 1.165) is 0 Å². The number of nitrogens with two attached hydrogens (primary N) is 1. The summed E-state index contributed by atoms with van der Waals surface area (Å²) in [5, 5.41) is 0.307. The number of rotatable bonds is 3. The molecule has 2 nitrogen and oxygen atoms in total. The van der Waals surface area contributed by atoms with Crippen molar-refractivity contribution in [2.24, 2.45) is 5.73 Å². The summed E-state index contributed by atoms with van der Waals surface area (Å²) in [4.78, 5) is 0. The van der Waals surface area contributed by atoms with E-state index in [1.54, 1.807) is 19.1 Å². The summed E-state index contributed by atoms with van der Waals surface area (Å²) < 4.78 is 40.6. The van der Waals surface area contributed by atoms with Gasteiger partial charge in [-0.15, -0.1) is 0 Å². The zero-order chi connectivity index (χ0) is 12.3. The third-order valence-corrected chi connectivity index (χ3v) is 2.09. The first-order valence-corrected chi connectivity index (χ1v) is 4.92. The number of ether oxygens (including phenoxy) is 1. The average molecular weight is 254 g/mol. The summed E-state index contributed by atoms with van der Waals surface area (Å²) in [7, 11) is 0. The average Bonchev–Trinajstić information content (AvgIpc) is 2.13. The van der Waals surface area contributed by atoms with Crippen LogP contribution in [0, 0.1) is 0 Å². The lowest BCUT2D eigenvalue weighted by atomic mass is 10.1. The van der Waals surface area contributed by atoms with Gasteiger partial charge in [0.1, 0.15) is 5.75 Å². The molecule has 16 heavy (non-hydrogen) atoms. The summed E-state index contributed by atoms with van der Waals surface area (Å²) >= 11 is 5.67. The van der Waals surface area contributed by atoms with Gasteiger partial charge in [0.05, 0.1) is 0 Å². The molecule has 0 amide bonds. The molecule has 1 atom stereocenters. The predicted octanol–water partition coefficient (Wildman–Crippen LogP) is 3.30. The van der Waals surface area contributed by atoms with Gasteiger partial charge in [0.25, 0.3) is 0 Å². The molecule has 0 heterocycles. The molecule has 6 heteroatoms. The molecule has 90 valence electrons. The second-order valence-corrected chi connectivity index (χ2v) is 3.81. The lowest BCUT2D eigenvalue weighted by molar-refractivity contribution is -0.153. The van der Waals surface area contributed by atoms with Gasteiger partial charge in [0.2, 0.25) is 0 Å². The molecule has 1 rings (SSSR count). The van der Waals surface area contributed by atoms with Crippen LogP contribution in [0.5, 0.6) is 5.75 Å². The molecule has 1 aromatic carbocycles. The third-order valence-electron chi connectivity index (χ3n) is 1.86. The van der Waals surface area contributed by atoms with Gasteiger partial charge in [-0.25, -0.2) is 0 Å². The van der Waals surface area contributed by atoms with Gasteiger partial charge >= 0.3 is 6.18 Å². The number of halogens is 4. The molecule has 0 saturated carbocycles. The summed E-state index contributed by atoms with van der Waals surface area (Å²) in [6.45, 7) is 0.302. The van der Waals surface area contributed by atoms with Crippen molar-refractivity contribution in [1.82, 2.24) is 0 Å². The number of hydrogen-bond acceptors (Lipinski definition) is 2. The highest BCUT2D eigenvalue weighted by Gasteiger charge is 2.29. The highest BCUT2D eigenvalue weighted by Crippen LogP contribution is 2.28. The second-order valence-electron chi connectivity index (χ2n) is 3.37. The Kier molecular flexibility index (Phi) is 4.04. The van der Waals surface area contributed by atoms with E-state index in [4.69, 9.17) is 17.3 Å². The van der Waals surface area contributed by atoms with Crippen LogP contribution in [0.4, 0.5) is 13.2 Å². The molecule has 0 aliphatic rings. The monoisotopic (exact) mass is 253 g/mol. The molecule has 0 saturated heterocycles. The number of alkyl halides is 3. The number of hydrogen-bond donors (Lipinski definition) is 1. The van der Waals surface area contributed by atoms with Crippen LogP contribution >= 0.6 is 11.6 Å². The fourth-order valence-corrected chi connectivity index (χ4v) is 1.33. The standard InChI is InChI=1S/C10H11ClF3NO/c1-6(15)8-3-2-7(11)4-9(8)16-5-10(12,13)14/h2-4,6H,5,15H2,1H3/t6-/m1/s1. The maximum atomic E-state index is 12.0. The highest BCUT2D eigenvalue weighted by molar-refractivity contribution is 6.30. The van der Waals surface area contributed by atoms with Gasteiger partial charge in [0.15, 0.2) is 6.61 Å². The van der Waals surface area contributed by atoms with Crippen LogP contribution in [0.15, 0.2) is 18.2 Å². The lowest BCUT2D eigenvalue weighted by Crippen LogP contribution is -2.20. The maximum Gasteiger partial charge on any atom is 0.422 e. The smallest absolute Gasteiger partial charge is 0.422 e. The summed E-state index contributed by atoms with van der Waals surface area (Å²) in [5.41, 5.74) is 6.09. The Morgan fingerprint density at radius 3 is 2.56 bits per heavy atom. The van der Waals surface area contributed by atoms with E-state index < -0.39 is 18.8 Å². The van der Waals surface area contributed by atoms with Crippen LogP contribution in [0.3, 0.4) is 0 Å². The van der Waals surface area contributed by atoms with Crippen molar-refractivity contribution in [3.63, 3.8) is 0 Å². The van der Waals surface area contributed by atoms with Crippen molar-refractivity contribution < 1.29 is 17.9 Å². The quantitative estimate of drug-likeness (QED) is 0.897. The van der Waals surface area contributed by atoms with Crippen molar-refractivity contribution in [3.8, 4) is 5.75 Å². The SMILES string of the molecule is C[C@@H](N)c1ccc(Cl)cc1OCC(F)(F)F. The highest BCUT2D eigenvalue weighted by atomic mass is 35.5. The first-order chi connectivity index (χ1) is 7.29. The van der Waals surface area contributed by atoms with Crippen molar-refractivity contribution in [2.75, 3.05) is 6.61 Å². The lowest BCUT2D eigenvalue weighted by Gasteiger charge is -2.15. The minimum Gasteiger partial charge on any atom is -0.484 e. The number of benzene rings is 1. The fourth-order valence-electron chi connectivity index (χ4n) is 1.17. The fraction of sp³-hybridized carbons (Fsp3) is 0.400. The summed E-state index contributed by atoms with van der Waals surface area (Å²) in [6, 6.07) is 4.02. The van der Waals surface area contributed by atoms with Gasteiger partial charge in [-0.3, -0.25) is 0 Å². The van der Waals surface area contributed by atoms with Gasteiger partial charge in [-0.2, -0.15) is 13.2 Å². The van der Waals surface area contributed by atoms with Crippen LogP contribution in [-0.4, -0.2) is 12.8 Å². The molecule has 0 spiro atoms. The van der Waals surface area contributed by atoms with Crippen molar-refractivity contribution >= 4 is 11.6 Å². The largest absolute Gasteiger partial charge is 0.484 e. The van der Waals surface area contributed by atoms with Crippen LogP contribution in [0.2, 0.25) is 5.02 Å². The zero-order valence-electron chi connectivity index (χ0n) is 8.51. The third kappa shape index (κ3) is 3.90. The van der Waals surface area contributed by atoms with E-state index in [1.807, 2.05) is 0 Å². The van der Waals surface area contributed by atoms with Crippen LogP contribution in [0.25, 0.3) is 0 Å². The molecule has 2 N–H and O–H groups in total. The first-order valence-electron chi connectivity index (χ1n) is 4.54. The normalized spacial score (nSPS) is 13.6. The van der Waals surface area contributed by atoms with E-state index in [9.17, 15) is 13.2 Å². The predicted molar refractivity (Wildman–Crippen MR) is 55.6 cm³/mol. The summed E-state index contributed by atoms with van der Waals surface area (Å²) in [6.07, 6.45) is -4.38. The molecule has 0 aromatic heterocycles. The maximum absolute atomic E-state index is 12.0. The van der Waals surface area contributed by atoms with Crippen LogP contribution in [0.1, 0.15) is 18.5 Å². The Morgan fingerprint density at radius 1 is 1.44 bits per heavy atom. The molecule has 0 unspecified atom stereocenters. The minimum absolute atomic E-state index is 0.0693. The Labute approximate surface area is 96.1 Å². The zero-order valence-corrected chi connectivity index (χ0v) is 9.27. The Hall–Kier alpha value is -0.940. The van der Waals surface area contributed by atoms with Crippen LogP contribution in [-0.2, 0) is 0 Å². The molecule has 0 bridgehead atoms. The van der Waals surface area contributed by atoms with Crippen molar-refractivity contribution in [2.45, 2.75) is 19.1 Å². The van der Waals surface area contributed by atoms with E-state index in [1.165, 1.54) is 6.07 Å². The first kappa shape index (κ1) is 13.1. The van der Waals surface area contributed by atoms with Gasteiger partial charge < -0.3 is 10.5 Å². The Bertz CT molecular complexity index is 366. The molecule has 0 aliphatic heterocycles. The Balaban J connectivity index is 2.88. The molecular formula is C10H11ClF3NO. The van der Waals surface area contributed by atoms with Crippen LogP contribution < -0.4 is 10.5 Å². The van der Waals surface area contributed by atoms with E-state index >= 15 is 0 Å². The van der Waals surface area contributed by atoms with Gasteiger partial charge in [-0.1, -0.05) is 17.7 Å². The molecule has 0 aliphatic carbocycles. The minimum atomic E-state index is -4.38.